The number of para-hydroxylation sites is 1. The number of phenols is 1. The van der Waals surface area contributed by atoms with Crippen LogP contribution in [0.1, 0.15) is 19.4 Å². The summed E-state index contributed by atoms with van der Waals surface area (Å²) in [7, 11) is 0. The molecule has 0 unspecified atom stereocenters. The molecule has 2 N–H and O–H groups in total. The molecular formula is C11H14N2O2. The van der Waals surface area contributed by atoms with E-state index in [9.17, 15) is 9.90 Å². The zero-order chi connectivity index (χ0) is 11.3. The molecule has 0 atom stereocenters. The van der Waals surface area contributed by atoms with Crippen LogP contribution in [0.5, 0.6) is 5.75 Å². The van der Waals surface area contributed by atoms with E-state index in [0.29, 0.717) is 5.56 Å². The molecular weight excluding hydrogens is 192 g/mol. The SMILES string of the molecule is CC(C)C(=O)NN=Cc1ccccc1O. The Bertz CT molecular complexity index is 373. The molecule has 1 aromatic carbocycles. The standard InChI is InChI=1S/C11H14N2O2/c1-8(2)11(15)13-12-7-9-5-3-4-6-10(9)14/h3-8,14H,1-2H3,(H,13,15). The monoisotopic (exact) mass is 206 g/mol. The Kier molecular flexibility index (Phi) is 3.85. The number of carbonyl (C=O) groups is 1. The molecule has 0 spiro atoms. The first-order chi connectivity index (χ1) is 7.11. The normalized spacial score (nSPS) is 10.9. The van der Waals surface area contributed by atoms with Gasteiger partial charge in [-0.1, -0.05) is 26.0 Å². The van der Waals surface area contributed by atoms with Crippen LogP contribution in [-0.4, -0.2) is 17.2 Å². The smallest absolute Gasteiger partial charge is 0.242 e. The van der Waals surface area contributed by atoms with Gasteiger partial charge >= 0.3 is 0 Å². The Morgan fingerprint density at radius 1 is 1.47 bits per heavy atom. The van der Waals surface area contributed by atoms with Gasteiger partial charge in [0, 0.05) is 11.5 Å². The van der Waals surface area contributed by atoms with E-state index in [-0.39, 0.29) is 17.6 Å². The lowest BCUT2D eigenvalue weighted by Gasteiger charge is -2.01. The van der Waals surface area contributed by atoms with Gasteiger partial charge in [0.25, 0.3) is 0 Å². The molecule has 0 radical (unpaired) electrons. The van der Waals surface area contributed by atoms with Crippen molar-refractivity contribution in [3.63, 3.8) is 0 Å². The average molecular weight is 206 g/mol. The minimum absolute atomic E-state index is 0.105. The van der Waals surface area contributed by atoms with Gasteiger partial charge < -0.3 is 5.11 Å². The Morgan fingerprint density at radius 2 is 2.13 bits per heavy atom. The summed E-state index contributed by atoms with van der Waals surface area (Å²) >= 11 is 0. The summed E-state index contributed by atoms with van der Waals surface area (Å²) in [4.78, 5) is 11.1. The number of benzene rings is 1. The van der Waals surface area contributed by atoms with Crippen molar-refractivity contribution in [2.75, 3.05) is 0 Å². The second-order valence-corrected chi connectivity index (χ2v) is 3.45. The van der Waals surface area contributed by atoms with E-state index in [1.54, 1.807) is 38.1 Å². The quantitative estimate of drug-likeness (QED) is 0.581. The molecule has 0 aliphatic carbocycles. The maximum atomic E-state index is 11.1. The number of nitrogens with one attached hydrogen (secondary N) is 1. The molecule has 1 aromatic rings. The van der Waals surface area contributed by atoms with E-state index in [1.807, 2.05) is 0 Å². The van der Waals surface area contributed by atoms with E-state index in [1.165, 1.54) is 6.21 Å². The molecule has 0 saturated heterocycles. The fourth-order valence-electron chi connectivity index (χ4n) is 0.891. The maximum Gasteiger partial charge on any atom is 0.242 e. The molecule has 0 bridgehead atoms. The molecule has 80 valence electrons. The predicted octanol–water partition coefficient (Wildman–Crippen LogP) is 1.50. The number of rotatable bonds is 3. The van der Waals surface area contributed by atoms with Crippen molar-refractivity contribution in [2.24, 2.45) is 11.0 Å². The van der Waals surface area contributed by atoms with Crippen molar-refractivity contribution in [1.29, 1.82) is 0 Å². The Hall–Kier alpha value is -1.84. The summed E-state index contributed by atoms with van der Waals surface area (Å²) < 4.78 is 0. The lowest BCUT2D eigenvalue weighted by molar-refractivity contribution is -0.123. The van der Waals surface area contributed by atoms with E-state index in [2.05, 4.69) is 10.5 Å². The number of hydrazone groups is 1. The lowest BCUT2D eigenvalue weighted by atomic mass is 10.2. The van der Waals surface area contributed by atoms with Crippen molar-refractivity contribution in [1.82, 2.24) is 5.43 Å². The van der Waals surface area contributed by atoms with Crippen molar-refractivity contribution >= 4 is 12.1 Å². The number of phenolic OH excluding ortho intramolecular Hbond substituents is 1. The van der Waals surface area contributed by atoms with Crippen LogP contribution < -0.4 is 5.43 Å². The Labute approximate surface area is 88.6 Å². The first-order valence-corrected chi connectivity index (χ1v) is 4.72. The van der Waals surface area contributed by atoms with Crippen LogP contribution in [0, 0.1) is 5.92 Å². The number of hydrogen-bond donors (Lipinski definition) is 2. The zero-order valence-corrected chi connectivity index (χ0v) is 8.77. The Morgan fingerprint density at radius 3 is 2.73 bits per heavy atom. The highest BCUT2D eigenvalue weighted by atomic mass is 16.3. The summed E-state index contributed by atoms with van der Waals surface area (Å²) in [5.41, 5.74) is 2.95. The van der Waals surface area contributed by atoms with Crippen LogP contribution in [0.15, 0.2) is 29.4 Å². The average Bonchev–Trinajstić information content (AvgIpc) is 2.20. The number of aromatic hydroxyl groups is 1. The van der Waals surface area contributed by atoms with Gasteiger partial charge in [0.15, 0.2) is 0 Å². The van der Waals surface area contributed by atoms with Gasteiger partial charge in [-0.3, -0.25) is 4.79 Å². The lowest BCUT2D eigenvalue weighted by Crippen LogP contribution is -2.22. The third kappa shape index (κ3) is 3.42. The minimum Gasteiger partial charge on any atom is -0.507 e. The van der Waals surface area contributed by atoms with Gasteiger partial charge in [-0.2, -0.15) is 5.10 Å². The van der Waals surface area contributed by atoms with Crippen LogP contribution in [0.25, 0.3) is 0 Å². The van der Waals surface area contributed by atoms with Crippen LogP contribution >= 0.6 is 0 Å². The molecule has 0 saturated carbocycles. The molecule has 1 amide bonds. The molecule has 0 aliphatic rings. The molecule has 15 heavy (non-hydrogen) atoms. The molecule has 1 rings (SSSR count). The summed E-state index contributed by atoms with van der Waals surface area (Å²) in [6.45, 7) is 3.57. The van der Waals surface area contributed by atoms with Crippen LogP contribution in [0.3, 0.4) is 0 Å². The molecule has 0 aliphatic heterocycles. The summed E-state index contributed by atoms with van der Waals surface area (Å²) in [5, 5.41) is 13.1. The van der Waals surface area contributed by atoms with Crippen molar-refractivity contribution in [3.05, 3.63) is 29.8 Å². The zero-order valence-electron chi connectivity index (χ0n) is 8.77. The molecule has 0 heterocycles. The first-order valence-electron chi connectivity index (χ1n) is 4.72. The van der Waals surface area contributed by atoms with E-state index in [0.717, 1.165) is 0 Å². The summed E-state index contributed by atoms with van der Waals surface area (Å²) in [6, 6.07) is 6.77. The summed E-state index contributed by atoms with van der Waals surface area (Å²) in [6.07, 6.45) is 1.41. The topological polar surface area (TPSA) is 61.7 Å². The van der Waals surface area contributed by atoms with E-state index >= 15 is 0 Å². The third-order valence-electron chi connectivity index (χ3n) is 1.84. The van der Waals surface area contributed by atoms with E-state index < -0.39 is 0 Å². The van der Waals surface area contributed by atoms with Gasteiger partial charge in [0.2, 0.25) is 5.91 Å². The van der Waals surface area contributed by atoms with Crippen molar-refractivity contribution in [2.45, 2.75) is 13.8 Å². The fraction of sp³-hybridized carbons (Fsp3) is 0.273. The fourth-order valence-corrected chi connectivity index (χ4v) is 0.891. The van der Waals surface area contributed by atoms with Crippen LogP contribution in [0.4, 0.5) is 0 Å². The Balaban J connectivity index is 2.59. The molecule has 0 aromatic heterocycles. The summed E-state index contributed by atoms with van der Waals surface area (Å²) in [5.74, 6) is -0.117. The van der Waals surface area contributed by atoms with Crippen LogP contribution in [0.2, 0.25) is 0 Å². The molecule has 4 nitrogen and oxygen atoms in total. The highest BCUT2D eigenvalue weighted by Crippen LogP contribution is 2.12. The second-order valence-electron chi connectivity index (χ2n) is 3.45. The number of hydrogen-bond acceptors (Lipinski definition) is 3. The van der Waals surface area contributed by atoms with Gasteiger partial charge in [-0.15, -0.1) is 0 Å². The maximum absolute atomic E-state index is 11.1. The van der Waals surface area contributed by atoms with Gasteiger partial charge in [-0.25, -0.2) is 5.43 Å². The second kappa shape index (κ2) is 5.14. The van der Waals surface area contributed by atoms with Gasteiger partial charge in [0.1, 0.15) is 5.75 Å². The molecule has 4 heteroatoms. The minimum atomic E-state index is -0.151. The third-order valence-corrected chi connectivity index (χ3v) is 1.84. The van der Waals surface area contributed by atoms with Crippen LogP contribution in [-0.2, 0) is 4.79 Å². The van der Waals surface area contributed by atoms with Crippen molar-refractivity contribution in [3.8, 4) is 5.75 Å². The highest BCUT2D eigenvalue weighted by molar-refractivity contribution is 5.85. The van der Waals surface area contributed by atoms with E-state index in [4.69, 9.17) is 0 Å². The number of amides is 1. The van der Waals surface area contributed by atoms with Gasteiger partial charge in [0.05, 0.1) is 6.21 Å². The largest absolute Gasteiger partial charge is 0.507 e. The molecule has 0 fully saturated rings. The van der Waals surface area contributed by atoms with Crippen molar-refractivity contribution < 1.29 is 9.90 Å². The highest BCUT2D eigenvalue weighted by Gasteiger charge is 2.03. The predicted molar refractivity (Wildman–Crippen MR) is 58.7 cm³/mol. The number of nitrogens with zero attached hydrogens (tertiary/aromatic N) is 1. The number of carbonyl (C=O) groups excluding carboxylic acids is 1. The van der Waals surface area contributed by atoms with Gasteiger partial charge in [-0.05, 0) is 12.1 Å². The first kappa shape index (κ1) is 11.2.